The molecule has 0 fully saturated rings. The second-order valence-corrected chi connectivity index (χ2v) is 7.00. The van der Waals surface area contributed by atoms with Crippen LogP contribution in [0.1, 0.15) is 27.8 Å². The maximum absolute atomic E-state index is 12.8. The van der Waals surface area contributed by atoms with Gasteiger partial charge in [0.1, 0.15) is 0 Å². The monoisotopic (exact) mass is 364 g/mol. The minimum atomic E-state index is -1.82. The largest absolute Gasteiger partial charge is 0.372 e. The molecule has 0 aliphatic rings. The van der Waals surface area contributed by atoms with E-state index in [1.807, 2.05) is 24.3 Å². The van der Waals surface area contributed by atoms with E-state index < -0.39 is 11.5 Å². The van der Waals surface area contributed by atoms with Crippen LogP contribution in [0, 0.1) is 0 Å². The van der Waals surface area contributed by atoms with E-state index in [9.17, 15) is 9.90 Å². The third-order valence-electron chi connectivity index (χ3n) is 4.10. The van der Waals surface area contributed by atoms with E-state index in [-0.39, 0.29) is 0 Å². The molecule has 2 aromatic carbocycles. The van der Waals surface area contributed by atoms with Crippen LogP contribution in [0.3, 0.4) is 0 Å². The van der Waals surface area contributed by atoms with Crippen molar-refractivity contribution in [3.63, 3.8) is 0 Å². The molecule has 3 aromatic rings. The maximum atomic E-state index is 12.8. The average Bonchev–Trinajstić information content (AvgIpc) is 3.16. The number of hydrazone groups is 1. The van der Waals surface area contributed by atoms with Crippen LogP contribution in [0.15, 0.2) is 77.9 Å². The summed E-state index contributed by atoms with van der Waals surface area (Å²) in [5, 5.41) is 15.3. The Bertz CT molecular complexity index is 849. The van der Waals surface area contributed by atoms with E-state index >= 15 is 0 Å². The number of nitrogens with one attached hydrogen (secondary N) is 1. The highest BCUT2D eigenvalue weighted by Crippen LogP contribution is 2.29. The fourth-order valence-corrected chi connectivity index (χ4v) is 3.50. The highest BCUT2D eigenvalue weighted by Gasteiger charge is 2.39. The van der Waals surface area contributed by atoms with Crippen LogP contribution in [0.2, 0.25) is 0 Å². The van der Waals surface area contributed by atoms with Crippen molar-refractivity contribution in [3.05, 3.63) is 93.7 Å². The molecule has 0 aliphatic heterocycles. The molecule has 0 radical (unpaired) electrons. The lowest BCUT2D eigenvalue weighted by molar-refractivity contribution is -0.136. The Hall–Kier alpha value is -2.76. The van der Waals surface area contributed by atoms with Crippen molar-refractivity contribution in [3.8, 4) is 0 Å². The molecular formula is C21H20N2O2S. The Kier molecular flexibility index (Phi) is 5.61. The number of aliphatic hydroxyl groups is 1. The van der Waals surface area contributed by atoms with Gasteiger partial charge in [0, 0.05) is 9.75 Å². The molecule has 3 rings (SSSR count). The van der Waals surface area contributed by atoms with Gasteiger partial charge in [0.05, 0.1) is 6.21 Å². The summed E-state index contributed by atoms with van der Waals surface area (Å²) in [7, 11) is 0. The third-order valence-corrected chi connectivity index (χ3v) is 5.26. The molecule has 0 spiro atoms. The zero-order valence-electron chi connectivity index (χ0n) is 14.4. The standard InChI is InChI=1S/C21H20N2O2S/c1-2-18-13-14-19(26-18)15-22-23-20(24)21(25,16-9-5-3-6-10-16)17-11-7-4-8-12-17/h3-15,25H,2H2,1H3,(H,23,24). The van der Waals surface area contributed by atoms with Gasteiger partial charge in [-0.25, -0.2) is 5.43 Å². The van der Waals surface area contributed by atoms with E-state index in [4.69, 9.17) is 0 Å². The normalized spacial score (nSPS) is 11.6. The number of aryl methyl sites for hydroxylation is 1. The predicted molar refractivity (Wildman–Crippen MR) is 105 cm³/mol. The topological polar surface area (TPSA) is 61.7 Å². The van der Waals surface area contributed by atoms with E-state index in [1.54, 1.807) is 66.1 Å². The number of carbonyl (C=O) groups is 1. The first kappa shape index (κ1) is 18.0. The van der Waals surface area contributed by atoms with Crippen LogP contribution in [0.25, 0.3) is 0 Å². The Morgan fingerprint density at radius 2 is 1.62 bits per heavy atom. The summed E-state index contributed by atoms with van der Waals surface area (Å²) in [6, 6.07) is 21.7. The van der Waals surface area contributed by atoms with Gasteiger partial charge in [-0.2, -0.15) is 5.10 Å². The highest BCUT2D eigenvalue weighted by atomic mass is 32.1. The number of nitrogens with zero attached hydrogens (tertiary/aromatic N) is 1. The molecule has 132 valence electrons. The van der Waals surface area contributed by atoms with Crippen LogP contribution >= 0.6 is 11.3 Å². The van der Waals surface area contributed by atoms with Gasteiger partial charge >= 0.3 is 0 Å². The zero-order valence-corrected chi connectivity index (χ0v) is 15.2. The third kappa shape index (κ3) is 3.74. The Morgan fingerprint density at radius 1 is 1.04 bits per heavy atom. The number of benzene rings is 2. The summed E-state index contributed by atoms with van der Waals surface area (Å²) < 4.78 is 0. The number of rotatable bonds is 6. The summed E-state index contributed by atoms with van der Waals surface area (Å²) in [6.07, 6.45) is 2.56. The molecular weight excluding hydrogens is 344 g/mol. The molecule has 4 nitrogen and oxygen atoms in total. The molecule has 1 heterocycles. The lowest BCUT2D eigenvalue weighted by Gasteiger charge is -2.26. The van der Waals surface area contributed by atoms with Crippen molar-refractivity contribution in [2.24, 2.45) is 5.10 Å². The Labute approximate surface area is 156 Å². The van der Waals surface area contributed by atoms with Crippen molar-refractivity contribution in [1.82, 2.24) is 5.43 Å². The number of amides is 1. The minimum absolute atomic E-state index is 0.489. The quantitative estimate of drug-likeness (QED) is 0.517. The Balaban J connectivity index is 1.86. The van der Waals surface area contributed by atoms with Crippen LogP contribution < -0.4 is 5.43 Å². The van der Waals surface area contributed by atoms with Crippen molar-refractivity contribution < 1.29 is 9.90 Å². The first-order valence-corrected chi connectivity index (χ1v) is 9.22. The average molecular weight is 364 g/mol. The molecule has 0 saturated heterocycles. The smallest absolute Gasteiger partial charge is 0.281 e. The summed E-state index contributed by atoms with van der Waals surface area (Å²) >= 11 is 1.62. The van der Waals surface area contributed by atoms with Gasteiger partial charge in [0.15, 0.2) is 5.60 Å². The molecule has 0 unspecified atom stereocenters. The SMILES string of the molecule is CCc1ccc(C=NNC(=O)C(O)(c2ccccc2)c2ccccc2)s1. The molecule has 0 saturated carbocycles. The van der Waals surface area contributed by atoms with E-state index in [0.717, 1.165) is 11.3 Å². The van der Waals surface area contributed by atoms with Crippen LogP contribution in [0.5, 0.6) is 0 Å². The van der Waals surface area contributed by atoms with Gasteiger partial charge in [-0.05, 0) is 29.7 Å². The van der Waals surface area contributed by atoms with Crippen LogP contribution in [0.4, 0.5) is 0 Å². The lowest BCUT2D eigenvalue weighted by Crippen LogP contribution is -2.43. The van der Waals surface area contributed by atoms with Crippen molar-refractivity contribution in [2.75, 3.05) is 0 Å². The second-order valence-electron chi connectivity index (χ2n) is 5.80. The summed E-state index contributed by atoms with van der Waals surface area (Å²) in [5.74, 6) is -0.599. The fraction of sp³-hybridized carbons (Fsp3) is 0.143. The number of carbonyl (C=O) groups excluding carboxylic acids is 1. The van der Waals surface area contributed by atoms with Crippen molar-refractivity contribution >= 4 is 23.5 Å². The van der Waals surface area contributed by atoms with Crippen LogP contribution in [-0.2, 0) is 16.8 Å². The van der Waals surface area contributed by atoms with Crippen molar-refractivity contribution in [1.29, 1.82) is 0 Å². The molecule has 0 bridgehead atoms. The van der Waals surface area contributed by atoms with E-state index in [2.05, 4.69) is 17.5 Å². The highest BCUT2D eigenvalue weighted by molar-refractivity contribution is 7.13. The van der Waals surface area contributed by atoms with Gasteiger partial charge in [0.2, 0.25) is 0 Å². The van der Waals surface area contributed by atoms with Gasteiger partial charge in [-0.3, -0.25) is 4.79 Å². The predicted octanol–water partition coefficient (Wildman–Crippen LogP) is 3.70. The van der Waals surface area contributed by atoms with Crippen molar-refractivity contribution in [2.45, 2.75) is 18.9 Å². The number of thiophene rings is 1. The number of hydrogen-bond donors (Lipinski definition) is 2. The molecule has 2 N–H and O–H groups in total. The zero-order chi connectivity index (χ0) is 18.4. The molecule has 1 aromatic heterocycles. The second kappa shape index (κ2) is 8.08. The molecule has 26 heavy (non-hydrogen) atoms. The number of hydrogen-bond acceptors (Lipinski definition) is 4. The summed E-state index contributed by atoms with van der Waals surface area (Å²) in [4.78, 5) is 15.0. The van der Waals surface area contributed by atoms with E-state index in [0.29, 0.717) is 11.1 Å². The summed E-state index contributed by atoms with van der Waals surface area (Å²) in [6.45, 7) is 2.09. The maximum Gasteiger partial charge on any atom is 0.281 e. The minimum Gasteiger partial charge on any atom is -0.372 e. The Morgan fingerprint density at radius 3 is 2.12 bits per heavy atom. The molecule has 1 amide bonds. The first-order valence-electron chi connectivity index (χ1n) is 8.40. The molecule has 0 aliphatic carbocycles. The van der Waals surface area contributed by atoms with Gasteiger partial charge < -0.3 is 5.11 Å². The summed E-state index contributed by atoms with van der Waals surface area (Å²) in [5.41, 5.74) is 1.65. The lowest BCUT2D eigenvalue weighted by atomic mass is 9.85. The van der Waals surface area contributed by atoms with Crippen LogP contribution in [-0.4, -0.2) is 17.2 Å². The molecule has 0 atom stereocenters. The fourth-order valence-electron chi connectivity index (χ4n) is 2.68. The first-order chi connectivity index (χ1) is 12.6. The van der Waals surface area contributed by atoms with Gasteiger partial charge in [0.25, 0.3) is 5.91 Å². The van der Waals surface area contributed by atoms with E-state index in [1.165, 1.54) is 4.88 Å². The molecule has 5 heteroatoms. The van der Waals surface area contributed by atoms with Gasteiger partial charge in [-0.15, -0.1) is 11.3 Å². The van der Waals surface area contributed by atoms with Gasteiger partial charge in [-0.1, -0.05) is 67.6 Å².